The van der Waals surface area contributed by atoms with Crippen molar-refractivity contribution in [2.75, 3.05) is 20.2 Å². The zero-order valence-corrected chi connectivity index (χ0v) is 13.5. The number of carbonyl (C=O) groups excluding carboxylic acids is 1. The van der Waals surface area contributed by atoms with Crippen LogP contribution >= 0.6 is 15.9 Å². The SMILES string of the molecule is COC(=O)C1CN(Cc2ccc(Br)cc2[N+](=O)[O-])CC1C. The van der Waals surface area contributed by atoms with Crippen LogP contribution in [-0.4, -0.2) is 36.0 Å². The van der Waals surface area contributed by atoms with Crippen molar-refractivity contribution in [2.45, 2.75) is 13.5 Å². The average molecular weight is 357 g/mol. The second-order valence-electron chi connectivity index (χ2n) is 5.33. The summed E-state index contributed by atoms with van der Waals surface area (Å²) in [5.74, 6) is -0.188. The van der Waals surface area contributed by atoms with Crippen LogP contribution in [-0.2, 0) is 16.1 Å². The summed E-state index contributed by atoms with van der Waals surface area (Å²) in [7, 11) is 1.39. The van der Waals surface area contributed by atoms with E-state index in [-0.39, 0.29) is 28.4 Å². The van der Waals surface area contributed by atoms with Crippen LogP contribution in [0.2, 0.25) is 0 Å². The van der Waals surface area contributed by atoms with E-state index in [1.807, 2.05) is 6.92 Å². The largest absolute Gasteiger partial charge is 0.469 e. The van der Waals surface area contributed by atoms with Crippen molar-refractivity contribution in [2.24, 2.45) is 11.8 Å². The van der Waals surface area contributed by atoms with E-state index in [0.29, 0.717) is 23.1 Å². The smallest absolute Gasteiger partial charge is 0.310 e. The van der Waals surface area contributed by atoms with E-state index in [4.69, 9.17) is 4.74 Å². The summed E-state index contributed by atoms with van der Waals surface area (Å²) in [6.45, 7) is 3.76. The first-order chi connectivity index (χ1) is 9.92. The van der Waals surface area contributed by atoms with Gasteiger partial charge in [0, 0.05) is 35.7 Å². The van der Waals surface area contributed by atoms with E-state index in [0.717, 1.165) is 6.54 Å². The molecule has 2 unspecified atom stereocenters. The van der Waals surface area contributed by atoms with Crippen LogP contribution in [0.25, 0.3) is 0 Å². The lowest BCUT2D eigenvalue weighted by molar-refractivity contribution is -0.385. The Hall–Kier alpha value is -1.47. The topological polar surface area (TPSA) is 72.7 Å². The van der Waals surface area contributed by atoms with Gasteiger partial charge in [-0.2, -0.15) is 0 Å². The highest BCUT2D eigenvalue weighted by Gasteiger charge is 2.36. The summed E-state index contributed by atoms with van der Waals surface area (Å²) in [6, 6.07) is 5.05. The van der Waals surface area contributed by atoms with Gasteiger partial charge in [-0.25, -0.2) is 0 Å². The highest BCUT2D eigenvalue weighted by Crippen LogP contribution is 2.29. The molecule has 1 saturated heterocycles. The number of ether oxygens (including phenoxy) is 1. The molecule has 114 valence electrons. The Bertz CT molecular complexity index is 564. The van der Waals surface area contributed by atoms with Crippen LogP contribution in [0.1, 0.15) is 12.5 Å². The third-order valence-corrected chi connectivity index (χ3v) is 4.32. The van der Waals surface area contributed by atoms with Gasteiger partial charge < -0.3 is 4.74 Å². The van der Waals surface area contributed by atoms with Crippen molar-refractivity contribution in [1.82, 2.24) is 4.90 Å². The third-order valence-electron chi connectivity index (χ3n) is 3.83. The number of likely N-dealkylation sites (tertiary alicyclic amines) is 1. The van der Waals surface area contributed by atoms with Crippen molar-refractivity contribution < 1.29 is 14.5 Å². The van der Waals surface area contributed by atoms with E-state index < -0.39 is 0 Å². The maximum absolute atomic E-state index is 11.7. The molecule has 0 N–H and O–H groups in total. The highest BCUT2D eigenvalue weighted by atomic mass is 79.9. The zero-order valence-electron chi connectivity index (χ0n) is 11.9. The maximum atomic E-state index is 11.7. The minimum absolute atomic E-state index is 0.0959. The van der Waals surface area contributed by atoms with E-state index in [9.17, 15) is 14.9 Å². The molecule has 2 atom stereocenters. The number of hydrogen-bond acceptors (Lipinski definition) is 5. The number of methoxy groups -OCH3 is 1. The minimum atomic E-state index is -0.378. The summed E-state index contributed by atoms with van der Waals surface area (Å²) >= 11 is 3.25. The number of nitro benzene ring substituents is 1. The quantitative estimate of drug-likeness (QED) is 0.471. The van der Waals surface area contributed by atoms with E-state index in [2.05, 4.69) is 20.8 Å². The number of nitrogens with zero attached hydrogens (tertiary/aromatic N) is 2. The predicted octanol–water partition coefficient (Wildman–Crippen LogP) is 2.60. The standard InChI is InChI=1S/C14H17BrN2O4/c1-9-6-16(8-12(9)14(18)21-2)7-10-3-4-11(15)5-13(10)17(19)20/h3-5,9,12H,6-8H2,1-2H3. The molecule has 1 heterocycles. The molecule has 1 aromatic rings. The normalized spacial score (nSPS) is 22.2. The minimum Gasteiger partial charge on any atom is -0.469 e. The van der Waals surface area contributed by atoms with Crippen molar-refractivity contribution >= 4 is 27.6 Å². The molecule has 6 nitrogen and oxygen atoms in total. The van der Waals surface area contributed by atoms with Crippen LogP contribution in [0.5, 0.6) is 0 Å². The lowest BCUT2D eigenvalue weighted by Crippen LogP contribution is -2.24. The Balaban J connectivity index is 2.13. The Morgan fingerprint density at radius 3 is 2.86 bits per heavy atom. The van der Waals surface area contributed by atoms with E-state index in [1.54, 1.807) is 12.1 Å². The number of carbonyl (C=O) groups is 1. The first-order valence-electron chi connectivity index (χ1n) is 6.65. The number of hydrogen-bond donors (Lipinski definition) is 0. The first kappa shape index (κ1) is 15.9. The van der Waals surface area contributed by atoms with E-state index in [1.165, 1.54) is 13.2 Å². The Kier molecular flexibility index (Phi) is 4.95. The van der Waals surface area contributed by atoms with Crippen LogP contribution in [0.4, 0.5) is 5.69 Å². The second kappa shape index (κ2) is 6.53. The fraction of sp³-hybridized carbons (Fsp3) is 0.500. The second-order valence-corrected chi connectivity index (χ2v) is 6.25. The number of esters is 1. The molecule has 0 aliphatic carbocycles. The van der Waals surface area contributed by atoms with Gasteiger partial charge in [0.1, 0.15) is 0 Å². The van der Waals surface area contributed by atoms with Gasteiger partial charge in [0.2, 0.25) is 0 Å². The average Bonchev–Trinajstić information content (AvgIpc) is 2.80. The molecular formula is C14H17BrN2O4. The lowest BCUT2D eigenvalue weighted by Gasteiger charge is -2.15. The van der Waals surface area contributed by atoms with Gasteiger partial charge in [-0.1, -0.05) is 22.9 Å². The molecular weight excluding hydrogens is 340 g/mol. The Morgan fingerprint density at radius 1 is 1.52 bits per heavy atom. The highest BCUT2D eigenvalue weighted by molar-refractivity contribution is 9.10. The lowest BCUT2D eigenvalue weighted by atomic mass is 9.99. The van der Waals surface area contributed by atoms with Crippen LogP contribution in [0, 0.1) is 22.0 Å². The third kappa shape index (κ3) is 3.59. The van der Waals surface area contributed by atoms with Crippen LogP contribution in [0.15, 0.2) is 22.7 Å². The molecule has 7 heteroatoms. The maximum Gasteiger partial charge on any atom is 0.310 e. The van der Waals surface area contributed by atoms with Crippen LogP contribution < -0.4 is 0 Å². The van der Waals surface area contributed by atoms with Crippen LogP contribution in [0.3, 0.4) is 0 Å². The molecule has 0 amide bonds. The molecule has 0 saturated carbocycles. The molecule has 0 spiro atoms. The summed E-state index contributed by atoms with van der Waals surface area (Å²) in [5.41, 5.74) is 0.750. The molecule has 1 fully saturated rings. The molecule has 1 aliphatic rings. The summed E-state index contributed by atoms with van der Waals surface area (Å²) in [5, 5.41) is 11.1. The van der Waals surface area contributed by atoms with Gasteiger partial charge in [-0.3, -0.25) is 19.8 Å². The number of halogens is 1. The number of rotatable bonds is 4. The Morgan fingerprint density at radius 2 is 2.24 bits per heavy atom. The summed E-state index contributed by atoms with van der Waals surface area (Å²) < 4.78 is 5.48. The van der Waals surface area contributed by atoms with Gasteiger partial charge in [0.25, 0.3) is 5.69 Å². The molecule has 1 aromatic carbocycles. The van der Waals surface area contributed by atoms with Crippen molar-refractivity contribution in [3.05, 3.63) is 38.3 Å². The fourth-order valence-electron chi connectivity index (χ4n) is 2.74. The molecule has 1 aliphatic heterocycles. The zero-order chi connectivity index (χ0) is 15.6. The van der Waals surface area contributed by atoms with Crippen molar-refractivity contribution in [1.29, 1.82) is 0 Å². The van der Waals surface area contributed by atoms with Crippen molar-refractivity contribution in [3.8, 4) is 0 Å². The van der Waals surface area contributed by atoms with Gasteiger partial charge in [0.05, 0.1) is 18.0 Å². The molecule has 0 radical (unpaired) electrons. The van der Waals surface area contributed by atoms with E-state index >= 15 is 0 Å². The van der Waals surface area contributed by atoms with Crippen molar-refractivity contribution in [3.63, 3.8) is 0 Å². The monoisotopic (exact) mass is 356 g/mol. The molecule has 0 bridgehead atoms. The fourth-order valence-corrected chi connectivity index (χ4v) is 3.09. The van der Waals surface area contributed by atoms with Gasteiger partial charge >= 0.3 is 5.97 Å². The van der Waals surface area contributed by atoms with Gasteiger partial charge in [-0.05, 0) is 18.1 Å². The predicted molar refractivity (Wildman–Crippen MR) is 80.7 cm³/mol. The summed E-state index contributed by atoms with van der Waals surface area (Å²) in [6.07, 6.45) is 0. The molecule has 0 aromatic heterocycles. The molecule has 21 heavy (non-hydrogen) atoms. The van der Waals surface area contributed by atoms with Gasteiger partial charge in [-0.15, -0.1) is 0 Å². The number of nitro groups is 1. The molecule has 2 rings (SSSR count). The summed E-state index contributed by atoms with van der Waals surface area (Å²) in [4.78, 5) is 24.5. The Labute approximate surface area is 131 Å². The number of benzene rings is 1. The first-order valence-corrected chi connectivity index (χ1v) is 7.44. The van der Waals surface area contributed by atoms with Gasteiger partial charge in [0.15, 0.2) is 0 Å².